The molecule has 5 heteroatoms. The Balaban J connectivity index is 1.66. The van der Waals surface area contributed by atoms with Crippen molar-refractivity contribution >= 4 is 6.03 Å². The number of benzene rings is 1. The van der Waals surface area contributed by atoms with E-state index in [4.69, 9.17) is 0 Å². The largest absolute Gasteiger partial charge is 0.394 e. The Hall–Kier alpha value is -1.59. The molecule has 128 valence electrons. The fourth-order valence-corrected chi connectivity index (χ4v) is 3.11. The lowest BCUT2D eigenvalue weighted by molar-refractivity contribution is 0.182. The van der Waals surface area contributed by atoms with Gasteiger partial charge in [0.15, 0.2) is 0 Å². The third-order valence-corrected chi connectivity index (χ3v) is 4.34. The van der Waals surface area contributed by atoms with Crippen LogP contribution in [0.25, 0.3) is 0 Å². The summed E-state index contributed by atoms with van der Waals surface area (Å²) in [7, 11) is 0. The van der Waals surface area contributed by atoms with Crippen molar-refractivity contribution < 1.29 is 9.90 Å². The smallest absolute Gasteiger partial charge is 0.315 e. The third-order valence-electron chi connectivity index (χ3n) is 4.34. The van der Waals surface area contributed by atoms with Crippen molar-refractivity contribution in [2.45, 2.75) is 32.2 Å². The minimum atomic E-state index is -0.257. The van der Waals surface area contributed by atoms with Gasteiger partial charge in [-0.25, -0.2) is 4.79 Å². The molecule has 1 aliphatic heterocycles. The molecule has 1 aromatic rings. The van der Waals surface area contributed by atoms with Gasteiger partial charge in [-0.2, -0.15) is 0 Å². The maximum Gasteiger partial charge on any atom is 0.315 e. The highest BCUT2D eigenvalue weighted by Gasteiger charge is 2.16. The minimum Gasteiger partial charge on any atom is -0.394 e. The standard InChI is InChI=1S/C18H29N3O2/c1-15-6-5-10-21(13-15)11-9-19-18(23)20-17(14-22)12-16-7-3-2-4-8-16/h2-4,7-8,15,17,22H,5-6,9-14H2,1H3,(H2,19,20,23). The number of rotatable bonds is 7. The summed E-state index contributed by atoms with van der Waals surface area (Å²) in [5.74, 6) is 0.752. The zero-order valence-electron chi connectivity index (χ0n) is 14.0. The lowest BCUT2D eigenvalue weighted by Crippen LogP contribution is -2.47. The Morgan fingerprint density at radius 1 is 1.39 bits per heavy atom. The molecule has 1 fully saturated rings. The number of amides is 2. The monoisotopic (exact) mass is 319 g/mol. The highest BCUT2D eigenvalue weighted by molar-refractivity contribution is 5.74. The fourth-order valence-electron chi connectivity index (χ4n) is 3.11. The van der Waals surface area contributed by atoms with Gasteiger partial charge in [-0.05, 0) is 37.3 Å². The maximum atomic E-state index is 12.0. The summed E-state index contributed by atoms with van der Waals surface area (Å²) < 4.78 is 0. The molecule has 0 spiro atoms. The Morgan fingerprint density at radius 2 is 2.17 bits per heavy atom. The van der Waals surface area contributed by atoms with Crippen LogP contribution in [0, 0.1) is 5.92 Å². The Morgan fingerprint density at radius 3 is 2.87 bits per heavy atom. The number of likely N-dealkylation sites (tertiary alicyclic amines) is 1. The SMILES string of the molecule is CC1CCCN(CCNC(=O)NC(CO)Cc2ccccc2)C1. The second kappa shape index (κ2) is 9.53. The highest BCUT2D eigenvalue weighted by Crippen LogP contribution is 2.14. The van der Waals surface area contributed by atoms with Crippen molar-refractivity contribution in [3.8, 4) is 0 Å². The first-order valence-electron chi connectivity index (χ1n) is 8.59. The fraction of sp³-hybridized carbons (Fsp3) is 0.611. The zero-order valence-corrected chi connectivity index (χ0v) is 14.0. The van der Waals surface area contributed by atoms with E-state index in [2.05, 4.69) is 22.5 Å². The Bertz CT molecular complexity index is 467. The highest BCUT2D eigenvalue weighted by atomic mass is 16.3. The molecule has 3 N–H and O–H groups in total. The lowest BCUT2D eigenvalue weighted by atomic mass is 10.0. The molecule has 0 saturated carbocycles. The van der Waals surface area contributed by atoms with Crippen LogP contribution in [0.1, 0.15) is 25.3 Å². The van der Waals surface area contributed by atoms with Gasteiger partial charge in [0.1, 0.15) is 0 Å². The molecule has 1 saturated heterocycles. The van der Waals surface area contributed by atoms with Crippen molar-refractivity contribution in [2.24, 2.45) is 5.92 Å². The number of nitrogens with zero attached hydrogens (tertiary/aromatic N) is 1. The van der Waals surface area contributed by atoms with Gasteiger partial charge in [0, 0.05) is 19.6 Å². The third kappa shape index (κ3) is 6.59. The van der Waals surface area contributed by atoms with E-state index in [0.717, 1.165) is 31.1 Å². The predicted molar refractivity (Wildman–Crippen MR) is 92.4 cm³/mol. The first-order chi connectivity index (χ1) is 11.2. The van der Waals surface area contributed by atoms with Crippen LogP contribution < -0.4 is 10.6 Å². The van der Waals surface area contributed by atoms with Crippen molar-refractivity contribution in [1.82, 2.24) is 15.5 Å². The number of aliphatic hydroxyl groups excluding tert-OH is 1. The summed E-state index contributed by atoms with van der Waals surface area (Å²) in [4.78, 5) is 14.4. The van der Waals surface area contributed by atoms with Crippen LogP contribution in [0.2, 0.25) is 0 Å². The second-order valence-corrected chi connectivity index (χ2v) is 6.52. The van der Waals surface area contributed by atoms with Crippen LogP contribution in [0.4, 0.5) is 4.79 Å². The predicted octanol–water partition coefficient (Wildman–Crippen LogP) is 1.62. The number of aliphatic hydroxyl groups is 1. The zero-order chi connectivity index (χ0) is 16.5. The number of hydrogen-bond acceptors (Lipinski definition) is 3. The Labute approximate surface area is 139 Å². The number of carbonyl (C=O) groups excluding carboxylic acids is 1. The molecule has 2 amide bonds. The summed E-state index contributed by atoms with van der Waals surface area (Å²) in [6.45, 7) is 5.99. The average Bonchev–Trinajstić information content (AvgIpc) is 2.55. The molecule has 0 radical (unpaired) electrons. The van der Waals surface area contributed by atoms with E-state index >= 15 is 0 Å². The minimum absolute atomic E-state index is 0.0635. The van der Waals surface area contributed by atoms with Gasteiger partial charge in [0.2, 0.25) is 0 Å². The van der Waals surface area contributed by atoms with Crippen LogP contribution in [-0.4, -0.2) is 54.9 Å². The van der Waals surface area contributed by atoms with Crippen molar-refractivity contribution in [2.75, 3.05) is 32.8 Å². The molecular weight excluding hydrogens is 290 g/mol. The van der Waals surface area contributed by atoms with E-state index in [0.29, 0.717) is 13.0 Å². The quantitative estimate of drug-likeness (QED) is 0.715. The molecule has 0 bridgehead atoms. The summed E-state index contributed by atoms with van der Waals surface area (Å²) in [5.41, 5.74) is 1.11. The summed E-state index contributed by atoms with van der Waals surface area (Å²) >= 11 is 0. The number of urea groups is 1. The first kappa shape index (κ1) is 17.8. The van der Waals surface area contributed by atoms with Gasteiger partial charge in [-0.3, -0.25) is 0 Å². The van der Waals surface area contributed by atoms with Crippen molar-refractivity contribution in [3.05, 3.63) is 35.9 Å². The number of hydrogen-bond donors (Lipinski definition) is 3. The van der Waals surface area contributed by atoms with E-state index in [-0.39, 0.29) is 18.7 Å². The van der Waals surface area contributed by atoms with E-state index in [1.807, 2.05) is 30.3 Å². The van der Waals surface area contributed by atoms with Gasteiger partial charge in [0.25, 0.3) is 0 Å². The number of nitrogens with one attached hydrogen (secondary N) is 2. The van der Waals surface area contributed by atoms with Crippen molar-refractivity contribution in [1.29, 1.82) is 0 Å². The first-order valence-corrected chi connectivity index (χ1v) is 8.59. The topological polar surface area (TPSA) is 64.6 Å². The van der Waals surface area contributed by atoms with Crippen LogP contribution in [0.3, 0.4) is 0 Å². The van der Waals surface area contributed by atoms with E-state index in [1.54, 1.807) is 0 Å². The molecule has 5 nitrogen and oxygen atoms in total. The van der Waals surface area contributed by atoms with Gasteiger partial charge in [-0.15, -0.1) is 0 Å². The molecule has 23 heavy (non-hydrogen) atoms. The summed E-state index contributed by atoms with van der Waals surface area (Å²) in [6, 6.07) is 9.42. The molecule has 2 rings (SSSR count). The van der Waals surface area contributed by atoms with E-state index < -0.39 is 0 Å². The van der Waals surface area contributed by atoms with Gasteiger partial charge in [-0.1, -0.05) is 37.3 Å². The van der Waals surface area contributed by atoms with Gasteiger partial charge >= 0.3 is 6.03 Å². The number of piperidine rings is 1. The van der Waals surface area contributed by atoms with E-state index in [9.17, 15) is 9.90 Å². The van der Waals surface area contributed by atoms with Crippen LogP contribution >= 0.6 is 0 Å². The molecule has 0 aliphatic carbocycles. The second-order valence-electron chi connectivity index (χ2n) is 6.52. The summed E-state index contributed by atoms with van der Waals surface area (Å²) in [6.07, 6.45) is 3.19. The van der Waals surface area contributed by atoms with Gasteiger partial charge < -0.3 is 20.6 Å². The Kier molecular flexibility index (Phi) is 7.36. The van der Waals surface area contributed by atoms with Crippen LogP contribution in [-0.2, 0) is 6.42 Å². The maximum absolute atomic E-state index is 12.0. The molecule has 2 unspecified atom stereocenters. The summed E-state index contributed by atoms with van der Waals surface area (Å²) in [5, 5.41) is 15.2. The van der Waals surface area contributed by atoms with Crippen LogP contribution in [0.15, 0.2) is 30.3 Å². The lowest BCUT2D eigenvalue weighted by Gasteiger charge is -2.30. The molecule has 2 atom stereocenters. The molecule has 0 aromatic heterocycles. The van der Waals surface area contributed by atoms with Gasteiger partial charge in [0.05, 0.1) is 12.6 Å². The van der Waals surface area contributed by atoms with Crippen LogP contribution in [0.5, 0.6) is 0 Å². The number of carbonyl (C=O) groups is 1. The molecule has 1 heterocycles. The average molecular weight is 319 g/mol. The molecule has 1 aromatic carbocycles. The van der Waals surface area contributed by atoms with E-state index in [1.165, 1.54) is 12.8 Å². The normalized spacial score (nSPS) is 20.0. The molecule has 1 aliphatic rings. The molecular formula is C18H29N3O2. The van der Waals surface area contributed by atoms with Crippen molar-refractivity contribution in [3.63, 3.8) is 0 Å².